The lowest BCUT2D eigenvalue weighted by Gasteiger charge is -2.14. The standard InChI is InChI=1S/C8H15Cl/c1-8(2,3)6-4-5-7-9/h4-5H,6-7H2,1-3H3/b5-4+. The molecule has 0 saturated carbocycles. The molecule has 9 heavy (non-hydrogen) atoms. The summed E-state index contributed by atoms with van der Waals surface area (Å²) in [6.07, 6.45) is 5.24. The van der Waals surface area contributed by atoms with Gasteiger partial charge < -0.3 is 0 Å². The van der Waals surface area contributed by atoms with Gasteiger partial charge in [-0.25, -0.2) is 0 Å². The second kappa shape index (κ2) is 3.94. The number of hydrogen-bond donors (Lipinski definition) is 0. The molecule has 0 aliphatic rings. The first-order valence-electron chi connectivity index (χ1n) is 3.27. The summed E-state index contributed by atoms with van der Waals surface area (Å²) in [6.45, 7) is 6.64. The van der Waals surface area contributed by atoms with E-state index in [1.807, 2.05) is 6.08 Å². The van der Waals surface area contributed by atoms with Gasteiger partial charge in [-0.05, 0) is 11.8 Å². The van der Waals surface area contributed by atoms with E-state index in [0.29, 0.717) is 11.3 Å². The van der Waals surface area contributed by atoms with Crippen LogP contribution in [0, 0.1) is 5.41 Å². The fraction of sp³-hybridized carbons (Fsp3) is 0.750. The second-order valence-corrected chi connectivity index (χ2v) is 3.70. The molecule has 0 N–H and O–H groups in total. The van der Waals surface area contributed by atoms with Gasteiger partial charge in [0, 0.05) is 5.88 Å². The number of halogens is 1. The van der Waals surface area contributed by atoms with Crippen molar-refractivity contribution in [2.45, 2.75) is 27.2 Å². The molecule has 1 heteroatoms. The summed E-state index contributed by atoms with van der Waals surface area (Å²) in [4.78, 5) is 0. The molecule has 0 aromatic rings. The Hall–Kier alpha value is 0.0300. The number of allylic oxidation sites excluding steroid dienone is 2. The largest absolute Gasteiger partial charge is 0.122 e. The zero-order valence-corrected chi connectivity index (χ0v) is 7.20. The van der Waals surface area contributed by atoms with Crippen LogP contribution in [0.15, 0.2) is 12.2 Å². The molecule has 0 bridgehead atoms. The Balaban J connectivity index is 3.38. The van der Waals surface area contributed by atoms with E-state index in [0.717, 1.165) is 6.42 Å². The van der Waals surface area contributed by atoms with Gasteiger partial charge in [0.25, 0.3) is 0 Å². The first-order valence-corrected chi connectivity index (χ1v) is 3.81. The highest BCUT2D eigenvalue weighted by atomic mass is 35.5. The van der Waals surface area contributed by atoms with Gasteiger partial charge in [0.15, 0.2) is 0 Å². The maximum Gasteiger partial charge on any atom is 0.0404 e. The minimum atomic E-state index is 0.405. The van der Waals surface area contributed by atoms with Crippen LogP contribution >= 0.6 is 11.6 Å². The molecule has 0 aromatic carbocycles. The molecule has 0 rings (SSSR count). The molecule has 0 amide bonds. The van der Waals surface area contributed by atoms with E-state index in [2.05, 4.69) is 26.8 Å². The van der Waals surface area contributed by atoms with Crippen molar-refractivity contribution in [2.24, 2.45) is 5.41 Å². The van der Waals surface area contributed by atoms with Gasteiger partial charge in [0.2, 0.25) is 0 Å². The van der Waals surface area contributed by atoms with E-state index in [9.17, 15) is 0 Å². The number of rotatable bonds is 2. The molecule has 0 aromatic heterocycles. The van der Waals surface area contributed by atoms with Gasteiger partial charge in [-0.1, -0.05) is 32.9 Å². The van der Waals surface area contributed by atoms with Crippen molar-refractivity contribution in [3.8, 4) is 0 Å². The van der Waals surface area contributed by atoms with Crippen molar-refractivity contribution in [3.05, 3.63) is 12.2 Å². The monoisotopic (exact) mass is 146 g/mol. The van der Waals surface area contributed by atoms with Crippen LogP contribution in [0.5, 0.6) is 0 Å². The Morgan fingerprint density at radius 3 is 2.11 bits per heavy atom. The fourth-order valence-corrected chi connectivity index (χ4v) is 0.626. The molecule has 54 valence electrons. The quantitative estimate of drug-likeness (QED) is 0.415. The molecule has 0 unspecified atom stereocenters. The summed E-state index contributed by atoms with van der Waals surface area (Å²) in [5.41, 5.74) is 0.405. The van der Waals surface area contributed by atoms with E-state index in [1.165, 1.54) is 0 Å². The lowest BCUT2D eigenvalue weighted by atomic mass is 9.92. The summed E-state index contributed by atoms with van der Waals surface area (Å²) in [7, 11) is 0. The first kappa shape index (κ1) is 9.03. The van der Waals surface area contributed by atoms with E-state index < -0.39 is 0 Å². The third-order valence-corrected chi connectivity index (χ3v) is 1.16. The van der Waals surface area contributed by atoms with E-state index in [4.69, 9.17) is 11.6 Å². The van der Waals surface area contributed by atoms with Gasteiger partial charge in [0.1, 0.15) is 0 Å². The maximum absolute atomic E-state index is 5.44. The van der Waals surface area contributed by atoms with Crippen LogP contribution in [0.4, 0.5) is 0 Å². The van der Waals surface area contributed by atoms with E-state index >= 15 is 0 Å². The van der Waals surface area contributed by atoms with Crippen LogP contribution in [0.3, 0.4) is 0 Å². The summed E-state index contributed by atoms with van der Waals surface area (Å²) in [6, 6.07) is 0. The predicted molar refractivity (Wildman–Crippen MR) is 43.9 cm³/mol. The Bertz CT molecular complexity index is 87.2. The Morgan fingerprint density at radius 2 is 1.78 bits per heavy atom. The zero-order valence-electron chi connectivity index (χ0n) is 6.45. The lowest BCUT2D eigenvalue weighted by molar-refractivity contribution is 0.420. The Morgan fingerprint density at radius 1 is 1.22 bits per heavy atom. The highest BCUT2D eigenvalue weighted by Crippen LogP contribution is 2.18. The topological polar surface area (TPSA) is 0 Å². The fourth-order valence-electron chi connectivity index (χ4n) is 0.500. The summed E-state index contributed by atoms with van der Waals surface area (Å²) in [5, 5.41) is 0. The molecule has 0 nitrogen and oxygen atoms in total. The average Bonchev–Trinajstić information content (AvgIpc) is 1.63. The minimum absolute atomic E-state index is 0.405. The van der Waals surface area contributed by atoms with Gasteiger partial charge in [0.05, 0.1) is 0 Å². The highest BCUT2D eigenvalue weighted by Gasteiger charge is 2.05. The van der Waals surface area contributed by atoms with Crippen LogP contribution in [0.1, 0.15) is 27.2 Å². The second-order valence-electron chi connectivity index (χ2n) is 3.39. The summed E-state index contributed by atoms with van der Waals surface area (Å²) in [5.74, 6) is 0.635. The van der Waals surface area contributed by atoms with Crippen molar-refractivity contribution in [3.63, 3.8) is 0 Å². The van der Waals surface area contributed by atoms with Crippen molar-refractivity contribution < 1.29 is 0 Å². The van der Waals surface area contributed by atoms with Gasteiger partial charge in [-0.2, -0.15) is 0 Å². The van der Waals surface area contributed by atoms with E-state index in [-0.39, 0.29) is 0 Å². The molecule has 0 radical (unpaired) electrons. The molecule has 0 atom stereocenters. The molecule has 0 spiro atoms. The Labute approximate surface area is 62.9 Å². The third kappa shape index (κ3) is 8.03. The average molecular weight is 147 g/mol. The van der Waals surface area contributed by atoms with Crippen LogP contribution in [0.2, 0.25) is 0 Å². The normalized spacial score (nSPS) is 12.9. The zero-order chi connectivity index (χ0) is 7.33. The van der Waals surface area contributed by atoms with Gasteiger partial charge in [-0.15, -0.1) is 11.6 Å². The van der Waals surface area contributed by atoms with Crippen LogP contribution in [-0.2, 0) is 0 Å². The molecule has 0 aliphatic heterocycles. The van der Waals surface area contributed by atoms with Crippen molar-refractivity contribution in [1.29, 1.82) is 0 Å². The van der Waals surface area contributed by atoms with Crippen LogP contribution < -0.4 is 0 Å². The van der Waals surface area contributed by atoms with Crippen molar-refractivity contribution in [1.82, 2.24) is 0 Å². The third-order valence-electron chi connectivity index (χ3n) is 0.986. The van der Waals surface area contributed by atoms with Crippen molar-refractivity contribution >= 4 is 11.6 Å². The molecule has 0 aliphatic carbocycles. The molecule has 0 heterocycles. The molecular formula is C8H15Cl. The van der Waals surface area contributed by atoms with Crippen molar-refractivity contribution in [2.75, 3.05) is 5.88 Å². The summed E-state index contributed by atoms with van der Waals surface area (Å²) >= 11 is 5.44. The predicted octanol–water partition coefficient (Wildman–Crippen LogP) is 3.22. The summed E-state index contributed by atoms with van der Waals surface area (Å²) < 4.78 is 0. The van der Waals surface area contributed by atoms with E-state index in [1.54, 1.807) is 0 Å². The lowest BCUT2D eigenvalue weighted by Crippen LogP contribution is -2.01. The Kier molecular flexibility index (Phi) is 3.96. The smallest absolute Gasteiger partial charge is 0.0404 e. The highest BCUT2D eigenvalue weighted by molar-refractivity contribution is 6.18. The van der Waals surface area contributed by atoms with Crippen LogP contribution in [-0.4, -0.2) is 5.88 Å². The number of alkyl halides is 1. The van der Waals surface area contributed by atoms with Gasteiger partial charge >= 0.3 is 0 Å². The molecule has 0 saturated heterocycles. The SMILES string of the molecule is CC(C)(C)C/C=C/CCl. The first-order chi connectivity index (χ1) is 4.06. The molecule has 0 fully saturated rings. The van der Waals surface area contributed by atoms with Gasteiger partial charge in [-0.3, -0.25) is 0 Å². The van der Waals surface area contributed by atoms with Crippen LogP contribution in [0.25, 0.3) is 0 Å². The molecular weight excluding hydrogens is 132 g/mol. The minimum Gasteiger partial charge on any atom is -0.122 e. The maximum atomic E-state index is 5.44. The number of hydrogen-bond acceptors (Lipinski definition) is 0.